The molecule has 0 bridgehead atoms. The molecular weight excluding hydrogens is 342 g/mol. The van der Waals surface area contributed by atoms with Crippen molar-refractivity contribution in [3.63, 3.8) is 0 Å². The molecule has 2 aliphatic heterocycles. The summed E-state index contributed by atoms with van der Waals surface area (Å²) in [6.07, 6.45) is 5.51. The molecule has 0 aliphatic carbocycles. The van der Waals surface area contributed by atoms with Crippen LogP contribution in [0.5, 0.6) is 5.75 Å². The van der Waals surface area contributed by atoms with Crippen molar-refractivity contribution in [2.75, 3.05) is 39.3 Å². The minimum absolute atomic E-state index is 0.0629. The Bertz CT molecular complexity index is 625. The van der Waals surface area contributed by atoms with Gasteiger partial charge in [-0.15, -0.1) is 0 Å². The molecular formula is C19H24F2N2O3. The van der Waals surface area contributed by atoms with Gasteiger partial charge in [-0.05, 0) is 25.0 Å². The Labute approximate surface area is 152 Å². The molecule has 2 fully saturated rings. The Hall–Kier alpha value is -1.99. The highest BCUT2D eigenvalue weighted by molar-refractivity contribution is 5.92. The lowest BCUT2D eigenvalue weighted by molar-refractivity contribution is -0.127. The predicted octanol–water partition coefficient (Wildman–Crippen LogP) is 2.62. The number of hydrogen-bond donors (Lipinski definition) is 0. The van der Waals surface area contributed by atoms with E-state index in [2.05, 4.69) is 9.64 Å². The molecule has 0 N–H and O–H groups in total. The maximum absolute atomic E-state index is 12.4. The first-order chi connectivity index (χ1) is 12.6. The highest BCUT2D eigenvalue weighted by Gasteiger charge is 2.24. The smallest absolute Gasteiger partial charge is 0.387 e. The van der Waals surface area contributed by atoms with E-state index in [9.17, 15) is 13.6 Å². The Morgan fingerprint density at radius 2 is 2.04 bits per heavy atom. The average Bonchev–Trinajstić information content (AvgIpc) is 3.14. The van der Waals surface area contributed by atoms with Crippen LogP contribution in [0.1, 0.15) is 18.4 Å². The summed E-state index contributed by atoms with van der Waals surface area (Å²) in [5.41, 5.74) is 0.457. The number of nitrogens with zero attached hydrogens (tertiary/aromatic N) is 2. The van der Waals surface area contributed by atoms with Crippen molar-refractivity contribution in [3.8, 4) is 5.75 Å². The molecule has 5 nitrogen and oxygen atoms in total. The van der Waals surface area contributed by atoms with Gasteiger partial charge in [-0.1, -0.05) is 18.2 Å². The van der Waals surface area contributed by atoms with Gasteiger partial charge in [0, 0.05) is 51.0 Å². The van der Waals surface area contributed by atoms with Crippen molar-refractivity contribution in [2.45, 2.75) is 25.6 Å². The molecule has 0 spiro atoms. The van der Waals surface area contributed by atoms with E-state index in [1.165, 1.54) is 18.2 Å². The monoisotopic (exact) mass is 366 g/mol. The quantitative estimate of drug-likeness (QED) is 0.726. The van der Waals surface area contributed by atoms with Crippen LogP contribution >= 0.6 is 0 Å². The van der Waals surface area contributed by atoms with Crippen molar-refractivity contribution >= 4 is 12.0 Å². The van der Waals surface area contributed by atoms with Crippen LogP contribution in [-0.4, -0.2) is 67.8 Å². The summed E-state index contributed by atoms with van der Waals surface area (Å²) in [6, 6.07) is 6.43. The van der Waals surface area contributed by atoms with Crippen LogP contribution in [0, 0.1) is 0 Å². The fourth-order valence-electron chi connectivity index (χ4n) is 3.32. The van der Waals surface area contributed by atoms with Gasteiger partial charge in [-0.2, -0.15) is 8.78 Å². The summed E-state index contributed by atoms with van der Waals surface area (Å²) < 4.78 is 35.0. The maximum Gasteiger partial charge on any atom is 0.387 e. The van der Waals surface area contributed by atoms with Crippen LogP contribution in [-0.2, 0) is 9.53 Å². The third-order valence-electron chi connectivity index (χ3n) is 4.71. The normalized spacial score (nSPS) is 21.7. The molecule has 1 aromatic carbocycles. The second-order valence-corrected chi connectivity index (χ2v) is 6.51. The summed E-state index contributed by atoms with van der Waals surface area (Å²) in [7, 11) is 0. The summed E-state index contributed by atoms with van der Waals surface area (Å²) in [5.74, 6) is -0.0541. The van der Waals surface area contributed by atoms with E-state index in [1.807, 2.05) is 0 Å². The fourth-order valence-corrected chi connectivity index (χ4v) is 3.32. The molecule has 1 amide bonds. The number of rotatable bonds is 6. The minimum atomic E-state index is -2.89. The van der Waals surface area contributed by atoms with Gasteiger partial charge < -0.3 is 14.4 Å². The zero-order valence-electron chi connectivity index (χ0n) is 14.7. The number of para-hydroxylation sites is 1. The summed E-state index contributed by atoms with van der Waals surface area (Å²) >= 11 is 0. The van der Waals surface area contributed by atoms with E-state index in [-0.39, 0.29) is 11.7 Å². The molecule has 7 heteroatoms. The number of amides is 1. The number of benzene rings is 1. The van der Waals surface area contributed by atoms with Gasteiger partial charge in [0.25, 0.3) is 0 Å². The number of ether oxygens (including phenoxy) is 2. The minimum Gasteiger partial charge on any atom is -0.434 e. The summed E-state index contributed by atoms with van der Waals surface area (Å²) in [4.78, 5) is 16.5. The van der Waals surface area contributed by atoms with Crippen LogP contribution < -0.4 is 4.74 Å². The van der Waals surface area contributed by atoms with Gasteiger partial charge in [0.05, 0.1) is 6.10 Å². The van der Waals surface area contributed by atoms with Crippen molar-refractivity contribution < 1.29 is 23.0 Å². The molecule has 1 atom stereocenters. The van der Waals surface area contributed by atoms with E-state index in [4.69, 9.17) is 4.74 Å². The Morgan fingerprint density at radius 1 is 1.27 bits per heavy atom. The fraction of sp³-hybridized carbons (Fsp3) is 0.526. The number of alkyl halides is 2. The molecule has 1 unspecified atom stereocenters. The van der Waals surface area contributed by atoms with E-state index >= 15 is 0 Å². The van der Waals surface area contributed by atoms with Gasteiger partial charge in [-0.25, -0.2) is 0 Å². The first-order valence-corrected chi connectivity index (χ1v) is 8.96. The molecule has 142 valence electrons. The molecule has 2 heterocycles. The van der Waals surface area contributed by atoms with Crippen LogP contribution in [0.3, 0.4) is 0 Å². The van der Waals surface area contributed by atoms with Crippen LogP contribution in [0.15, 0.2) is 30.3 Å². The first-order valence-electron chi connectivity index (χ1n) is 8.96. The van der Waals surface area contributed by atoms with E-state index in [0.717, 1.165) is 39.1 Å². The lowest BCUT2D eigenvalue weighted by Gasteiger charge is -2.35. The SMILES string of the molecule is O=C(/C=C/c1ccccc1OC(F)F)N1CCN(CC2CCCO2)CC1. The number of piperazine rings is 1. The van der Waals surface area contributed by atoms with Crippen molar-refractivity contribution in [2.24, 2.45) is 0 Å². The predicted molar refractivity (Wildman–Crippen MR) is 94.1 cm³/mol. The van der Waals surface area contributed by atoms with Crippen LogP contribution in [0.2, 0.25) is 0 Å². The van der Waals surface area contributed by atoms with Gasteiger partial charge in [-0.3, -0.25) is 9.69 Å². The van der Waals surface area contributed by atoms with Gasteiger partial charge in [0.2, 0.25) is 5.91 Å². The van der Waals surface area contributed by atoms with Crippen LogP contribution in [0.25, 0.3) is 6.08 Å². The largest absolute Gasteiger partial charge is 0.434 e. The van der Waals surface area contributed by atoms with Crippen LogP contribution in [0.4, 0.5) is 8.78 Å². The topological polar surface area (TPSA) is 42.0 Å². The van der Waals surface area contributed by atoms with Gasteiger partial charge >= 0.3 is 6.61 Å². The Kier molecular flexibility index (Phi) is 6.57. The average molecular weight is 366 g/mol. The summed E-state index contributed by atoms with van der Waals surface area (Å²) in [5, 5.41) is 0. The third kappa shape index (κ3) is 5.25. The highest BCUT2D eigenvalue weighted by Crippen LogP contribution is 2.21. The molecule has 0 radical (unpaired) electrons. The number of halogens is 2. The first kappa shape index (κ1) is 18.8. The second kappa shape index (κ2) is 9.09. The standard InChI is InChI=1S/C19H24F2N2O3/c20-19(21)26-17-6-2-1-4-15(17)7-8-18(24)23-11-9-22(10-12-23)14-16-5-3-13-25-16/h1-2,4,6-8,16,19H,3,5,9-14H2/b8-7+. The molecule has 0 aromatic heterocycles. The zero-order chi connectivity index (χ0) is 18.4. The van der Waals surface area contributed by atoms with E-state index in [1.54, 1.807) is 23.1 Å². The molecule has 2 aliphatic rings. The second-order valence-electron chi connectivity index (χ2n) is 6.51. The Balaban J connectivity index is 1.50. The number of carbonyl (C=O) groups is 1. The van der Waals surface area contributed by atoms with Gasteiger partial charge in [0.1, 0.15) is 5.75 Å². The molecule has 3 rings (SSSR count). The number of carbonyl (C=O) groups excluding carboxylic acids is 1. The molecule has 1 aromatic rings. The molecule has 2 saturated heterocycles. The third-order valence-corrected chi connectivity index (χ3v) is 4.71. The van der Waals surface area contributed by atoms with Crippen molar-refractivity contribution in [1.29, 1.82) is 0 Å². The molecule has 26 heavy (non-hydrogen) atoms. The van der Waals surface area contributed by atoms with Crippen molar-refractivity contribution in [1.82, 2.24) is 9.80 Å². The lowest BCUT2D eigenvalue weighted by atomic mass is 10.2. The summed E-state index contributed by atoms with van der Waals surface area (Å²) in [6.45, 7) is 1.85. The van der Waals surface area contributed by atoms with Gasteiger partial charge in [0.15, 0.2) is 0 Å². The van der Waals surface area contributed by atoms with Crippen molar-refractivity contribution in [3.05, 3.63) is 35.9 Å². The highest BCUT2D eigenvalue weighted by atomic mass is 19.3. The maximum atomic E-state index is 12.4. The number of hydrogen-bond acceptors (Lipinski definition) is 4. The van der Waals surface area contributed by atoms with E-state index < -0.39 is 6.61 Å². The zero-order valence-corrected chi connectivity index (χ0v) is 14.7. The van der Waals surface area contributed by atoms with E-state index in [0.29, 0.717) is 24.8 Å². The Morgan fingerprint density at radius 3 is 2.73 bits per heavy atom. The lowest BCUT2D eigenvalue weighted by Crippen LogP contribution is -2.50. The molecule has 0 saturated carbocycles.